The first-order chi connectivity index (χ1) is 7.11. The number of hydrogen-bond acceptors (Lipinski definition) is 3. The number of aliphatic hydroxyl groups excluding tert-OH is 1. The molecule has 0 saturated carbocycles. The molecule has 1 rings (SSSR count). The molecule has 84 valence electrons. The molecule has 0 fully saturated rings. The van der Waals surface area contributed by atoms with Crippen molar-refractivity contribution in [2.45, 2.75) is 13.0 Å². The number of aliphatic hydroxyl groups is 1. The molecule has 0 radical (unpaired) electrons. The van der Waals surface area contributed by atoms with Gasteiger partial charge in [-0.25, -0.2) is 0 Å². The first-order valence-corrected chi connectivity index (χ1v) is 5.56. The Kier molecular flexibility index (Phi) is 4.57. The zero-order chi connectivity index (χ0) is 11.4. The first kappa shape index (κ1) is 12.5. The third-order valence-electron chi connectivity index (χ3n) is 2.30. The molecule has 3 nitrogen and oxygen atoms in total. The predicted octanol–water partition coefficient (Wildman–Crippen LogP) is 2.02. The molecule has 0 bridgehead atoms. The zero-order valence-electron chi connectivity index (χ0n) is 9.17. The van der Waals surface area contributed by atoms with Crippen molar-refractivity contribution in [1.29, 1.82) is 0 Å². The topological polar surface area (TPSA) is 41.5 Å². The highest BCUT2D eigenvalue weighted by atomic mass is 79.9. The number of ether oxygens (including phenoxy) is 1. The fourth-order valence-corrected chi connectivity index (χ4v) is 2.10. The summed E-state index contributed by atoms with van der Waals surface area (Å²) in [5.74, 6) is 0.706. The smallest absolute Gasteiger partial charge is 0.139 e. The lowest BCUT2D eigenvalue weighted by Crippen LogP contribution is -2.18. The van der Waals surface area contributed by atoms with Gasteiger partial charge in [0.1, 0.15) is 5.75 Å². The van der Waals surface area contributed by atoms with Crippen molar-refractivity contribution in [2.75, 3.05) is 20.7 Å². The largest absolute Gasteiger partial charge is 0.495 e. The second-order valence-electron chi connectivity index (χ2n) is 3.38. The van der Waals surface area contributed by atoms with Crippen LogP contribution in [0.3, 0.4) is 0 Å². The first-order valence-electron chi connectivity index (χ1n) is 4.77. The van der Waals surface area contributed by atoms with Gasteiger partial charge in [0.05, 0.1) is 17.7 Å². The van der Waals surface area contributed by atoms with Gasteiger partial charge in [-0.15, -0.1) is 0 Å². The van der Waals surface area contributed by atoms with Crippen LogP contribution in [0.15, 0.2) is 16.6 Å². The maximum Gasteiger partial charge on any atom is 0.139 e. The molecule has 2 N–H and O–H groups in total. The van der Waals surface area contributed by atoms with Crippen LogP contribution in [-0.2, 0) is 0 Å². The molecule has 1 aromatic rings. The van der Waals surface area contributed by atoms with Gasteiger partial charge >= 0.3 is 0 Å². The highest BCUT2D eigenvalue weighted by molar-refractivity contribution is 9.10. The Morgan fingerprint density at radius 1 is 1.53 bits per heavy atom. The second-order valence-corrected chi connectivity index (χ2v) is 4.24. The Hall–Kier alpha value is -0.580. The molecule has 1 unspecified atom stereocenters. The molecule has 0 saturated heterocycles. The third-order valence-corrected chi connectivity index (χ3v) is 2.93. The van der Waals surface area contributed by atoms with E-state index in [2.05, 4.69) is 21.2 Å². The lowest BCUT2D eigenvalue weighted by Gasteiger charge is -2.18. The SMILES string of the molecule is CNCC(O)c1c(C)ccc(Br)c1OC. The number of aryl methyl sites for hydroxylation is 1. The Labute approximate surface area is 98.6 Å². The summed E-state index contributed by atoms with van der Waals surface area (Å²) < 4.78 is 6.15. The average molecular weight is 274 g/mol. The third kappa shape index (κ3) is 2.71. The molecule has 0 aliphatic carbocycles. The van der Waals surface area contributed by atoms with Crippen LogP contribution in [0.25, 0.3) is 0 Å². The molecule has 15 heavy (non-hydrogen) atoms. The molecule has 1 aromatic carbocycles. The number of rotatable bonds is 4. The van der Waals surface area contributed by atoms with E-state index in [1.165, 1.54) is 0 Å². The quantitative estimate of drug-likeness (QED) is 0.882. The van der Waals surface area contributed by atoms with Crippen LogP contribution in [0.2, 0.25) is 0 Å². The molecule has 0 aliphatic rings. The van der Waals surface area contributed by atoms with Crippen LogP contribution in [-0.4, -0.2) is 25.8 Å². The zero-order valence-corrected chi connectivity index (χ0v) is 10.8. The van der Waals surface area contributed by atoms with Crippen LogP contribution >= 0.6 is 15.9 Å². The fraction of sp³-hybridized carbons (Fsp3) is 0.455. The Bertz CT molecular complexity index is 342. The van der Waals surface area contributed by atoms with Crippen LogP contribution in [0.5, 0.6) is 5.75 Å². The van der Waals surface area contributed by atoms with Gasteiger partial charge in [-0.3, -0.25) is 0 Å². The predicted molar refractivity (Wildman–Crippen MR) is 64.3 cm³/mol. The number of likely N-dealkylation sites (N-methyl/N-ethyl adjacent to an activating group) is 1. The van der Waals surface area contributed by atoms with Gasteiger partial charge in [0.25, 0.3) is 0 Å². The Balaban J connectivity index is 3.18. The minimum atomic E-state index is -0.553. The summed E-state index contributed by atoms with van der Waals surface area (Å²) >= 11 is 3.40. The van der Waals surface area contributed by atoms with E-state index in [-0.39, 0.29) is 0 Å². The van der Waals surface area contributed by atoms with Gasteiger partial charge in [0.15, 0.2) is 0 Å². The maximum absolute atomic E-state index is 9.97. The van der Waals surface area contributed by atoms with E-state index in [0.29, 0.717) is 12.3 Å². The molecule has 4 heteroatoms. The summed E-state index contributed by atoms with van der Waals surface area (Å²) in [6, 6.07) is 3.88. The molecule has 1 atom stereocenters. The van der Waals surface area contributed by atoms with Crippen LogP contribution < -0.4 is 10.1 Å². The van der Waals surface area contributed by atoms with Crippen LogP contribution in [0, 0.1) is 6.92 Å². The van der Waals surface area contributed by atoms with Crippen molar-refractivity contribution in [3.05, 3.63) is 27.7 Å². The van der Waals surface area contributed by atoms with E-state index in [1.54, 1.807) is 7.11 Å². The van der Waals surface area contributed by atoms with Crippen molar-refractivity contribution >= 4 is 15.9 Å². The van der Waals surface area contributed by atoms with Crippen molar-refractivity contribution in [2.24, 2.45) is 0 Å². The van der Waals surface area contributed by atoms with E-state index in [0.717, 1.165) is 15.6 Å². The Morgan fingerprint density at radius 3 is 2.73 bits per heavy atom. The number of benzene rings is 1. The fourth-order valence-electron chi connectivity index (χ4n) is 1.59. The Morgan fingerprint density at radius 2 is 2.20 bits per heavy atom. The molecular weight excluding hydrogens is 258 g/mol. The lowest BCUT2D eigenvalue weighted by molar-refractivity contribution is 0.172. The van der Waals surface area contributed by atoms with Gasteiger partial charge < -0.3 is 15.2 Å². The highest BCUT2D eigenvalue weighted by Gasteiger charge is 2.17. The molecular formula is C11H16BrNO2. The number of methoxy groups -OCH3 is 1. The molecule has 0 aliphatic heterocycles. The molecule has 0 aromatic heterocycles. The number of halogens is 1. The summed E-state index contributed by atoms with van der Waals surface area (Å²) in [5, 5.41) is 12.9. The number of hydrogen-bond donors (Lipinski definition) is 2. The van der Waals surface area contributed by atoms with E-state index in [9.17, 15) is 5.11 Å². The van der Waals surface area contributed by atoms with Gasteiger partial charge in [-0.05, 0) is 41.5 Å². The van der Waals surface area contributed by atoms with Crippen LogP contribution in [0.4, 0.5) is 0 Å². The van der Waals surface area contributed by atoms with E-state index in [1.807, 2.05) is 26.1 Å². The highest BCUT2D eigenvalue weighted by Crippen LogP contribution is 2.35. The molecule has 0 amide bonds. The summed E-state index contributed by atoms with van der Waals surface area (Å²) in [5.41, 5.74) is 1.86. The number of nitrogens with one attached hydrogen (secondary N) is 1. The van der Waals surface area contributed by atoms with Crippen molar-refractivity contribution < 1.29 is 9.84 Å². The maximum atomic E-state index is 9.97. The van der Waals surface area contributed by atoms with Gasteiger partial charge in [-0.1, -0.05) is 6.07 Å². The summed E-state index contributed by atoms with van der Waals surface area (Å²) in [7, 11) is 3.41. The monoisotopic (exact) mass is 273 g/mol. The van der Waals surface area contributed by atoms with Crippen molar-refractivity contribution in [3.63, 3.8) is 0 Å². The summed E-state index contributed by atoms with van der Waals surface area (Å²) in [6.45, 7) is 2.47. The normalized spacial score (nSPS) is 12.6. The minimum Gasteiger partial charge on any atom is -0.495 e. The van der Waals surface area contributed by atoms with Gasteiger partial charge in [-0.2, -0.15) is 0 Å². The van der Waals surface area contributed by atoms with Crippen molar-refractivity contribution in [1.82, 2.24) is 5.32 Å². The van der Waals surface area contributed by atoms with E-state index >= 15 is 0 Å². The van der Waals surface area contributed by atoms with Crippen LogP contribution in [0.1, 0.15) is 17.2 Å². The van der Waals surface area contributed by atoms with Gasteiger partial charge in [0, 0.05) is 12.1 Å². The second kappa shape index (κ2) is 5.49. The van der Waals surface area contributed by atoms with E-state index < -0.39 is 6.10 Å². The minimum absolute atomic E-state index is 0.508. The van der Waals surface area contributed by atoms with E-state index in [4.69, 9.17) is 4.74 Å². The summed E-state index contributed by atoms with van der Waals surface area (Å²) in [6.07, 6.45) is -0.553. The molecule has 0 heterocycles. The molecule has 0 spiro atoms. The van der Waals surface area contributed by atoms with Gasteiger partial charge in [0.2, 0.25) is 0 Å². The summed E-state index contributed by atoms with van der Waals surface area (Å²) in [4.78, 5) is 0. The van der Waals surface area contributed by atoms with Crippen molar-refractivity contribution in [3.8, 4) is 5.75 Å². The lowest BCUT2D eigenvalue weighted by atomic mass is 10.0. The average Bonchev–Trinajstić information content (AvgIpc) is 2.21. The standard InChI is InChI=1S/C11H16BrNO2/c1-7-4-5-8(12)11(15-3)10(7)9(14)6-13-2/h4-5,9,13-14H,6H2,1-3H3.